The molecule has 21 heavy (non-hydrogen) atoms. The van der Waals surface area contributed by atoms with Crippen molar-refractivity contribution in [1.82, 2.24) is 25.1 Å². The first kappa shape index (κ1) is 14.1. The second kappa shape index (κ2) is 4.84. The van der Waals surface area contributed by atoms with E-state index in [0.29, 0.717) is 12.8 Å². The van der Waals surface area contributed by atoms with Crippen LogP contribution in [0.4, 0.5) is 4.79 Å². The topological polar surface area (TPSA) is 79.3 Å². The van der Waals surface area contributed by atoms with Crippen molar-refractivity contribution in [3.8, 4) is 0 Å². The van der Waals surface area contributed by atoms with Gasteiger partial charge in [0.15, 0.2) is 0 Å². The van der Waals surface area contributed by atoms with Crippen molar-refractivity contribution < 1.29 is 9.59 Å². The highest BCUT2D eigenvalue weighted by atomic mass is 16.2. The second-order valence-corrected chi connectivity index (χ2v) is 5.91. The summed E-state index contributed by atoms with van der Waals surface area (Å²) in [5.41, 5.74) is 1.27. The maximum absolute atomic E-state index is 12.7. The quantitative estimate of drug-likeness (QED) is 0.764. The van der Waals surface area contributed by atoms with Crippen molar-refractivity contribution in [2.24, 2.45) is 7.05 Å². The zero-order valence-corrected chi connectivity index (χ0v) is 12.7. The fourth-order valence-electron chi connectivity index (χ4n) is 3.08. The minimum atomic E-state index is -0.711. The molecule has 2 N–H and O–H groups in total. The Morgan fingerprint density at radius 1 is 1.24 bits per heavy atom. The molecule has 2 saturated heterocycles. The molecule has 2 aliphatic heterocycles. The van der Waals surface area contributed by atoms with Crippen LogP contribution < -0.4 is 10.6 Å². The summed E-state index contributed by atoms with van der Waals surface area (Å²) in [6, 6.07) is -0.305. The van der Waals surface area contributed by atoms with Gasteiger partial charge >= 0.3 is 6.03 Å². The van der Waals surface area contributed by atoms with Gasteiger partial charge in [-0.05, 0) is 39.8 Å². The van der Waals surface area contributed by atoms with Gasteiger partial charge in [0.25, 0.3) is 5.91 Å². The third kappa shape index (κ3) is 2.12. The zero-order valence-electron chi connectivity index (χ0n) is 12.7. The van der Waals surface area contributed by atoms with Crippen LogP contribution in [0.5, 0.6) is 0 Å². The molecule has 0 aromatic carbocycles. The first-order chi connectivity index (χ1) is 9.94. The van der Waals surface area contributed by atoms with E-state index < -0.39 is 5.54 Å². The highest BCUT2D eigenvalue weighted by Gasteiger charge is 2.51. The summed E-state index contributed by atoms with van der Waals surface area (Å²) in [5, 5.41) is 6.11. The van der Waals surface area contributed by atoms with E-state index in [-0.39, 0.29) is 18.5 Å². The van der Waals surface area contributed by atoms with E-state index in [9.17, 15) is 9.59 Å². The number of amides is 3. The van der Waals surface area contributed by atoms with Crippen LogP contribution >= 0.6 is 0 Å². The molecule has 0 bridgehead atoms. The van der Waals surface area contributed by atoms with Gasteiger partial charge in [-0.25, -0.2) is 9.78 Å². The highest BCUT2D eigenvalue weighted by molar-refractivity contribution is 6.07. The predicted octanol–water partition coefficient (Wildman–Crippen LogP) is 0.211. The first-order valence-corrected chi connectivity index (χ1v) is 7.28. The molecule has 1 aromatic heterocycles. The molecule has 3 rings (SSSR count). The Bertz CT molecular complexity index is 601. The first-order valence-electron chi connectivity index (χ1n) is 7.28. The Balaban J connectivity index is 1.84. The molecule has 0 aliphatic carbocycles. The largest absolute Gasteiger partial charge is 0.334 e. The number of rotatable bonds is 2. The summed E-state index contributed by atoms with van der Waals surface area (Å²) < 4.78 is 1.93. The van der Waals surface area contributed by atoms with Crippen LogP contribution in [0.15, 0.2) is 0 Å². The van der Waals surface area contributed by atoms with E-state index in [0.717, 1.165) is 30.3 Å². The van der Waals surface area contributed by atoms with Gasteiger partial charge < -0.3 is 15.2 Å². The van der Waals surface area contributed by atoms with Crippen LogP contribution in [0.2, 0.25) is 0 Å². The van der Waals surface area contributed by atoms with Crippen LogP contribution in [0.3, 0.4) is 0 Å². The van der Waals surface area contributed by atoms with E-state index in [1.54, 1.807) is 0 Å². The highest BCUT2D eigenvalue weighted by Crippen LogP contribution is 2.28. The number of nitrogens with one attached hydrogen (secondary N) is 2. The minimum absolute atomic E-state index is 0.118. The van der Waals surface area contributed by atoms with Gasteiger partial charge in [0.2, 0.25) is 0 Å². The summed E-state index contributed by atoms with van der Waals surface area (Å²) in [6.07, 6.45) is 1.29. The number of nitrogens with zero attached hydrogens (tertiary/aromatic N) is 3. The van der Waals surface area contributed by atoms with Crippen molar-refractivity contribution in [1.29, 1.82) is 0 Å². The fraction of sp³-hybridized carbons (Fsp3) is 0.643. The number of imidazole rings is 1. The molecule has 0 unspecified atom stereocenters. The molecule has 1 spiro atoms. The molecule has 2 fully saturated rings. The lowest BCUT2D eigenvalue weighted by atomic mass is 9.88. The van der Waals surface area contributed by atoms with Gasteiger partial charge in [-0.1, -0.05) is 0 Å². The number of hydrogen-bond acceptors (Lipinski definition) is 4. The van der Waals surface area contributed by atoms with Gasteiger partial charge in [0, 0.05) is 12.7 Å². The van der Waals surface area contributed by atoms with Gasteiger partial charge in [-0.3, -0.25) is 9.69 Å². The molecule has 1 aromatic rings. The van der Waals surface area contributed by atoms with Gasteiger partial charge in [-0.15, -0.1) is 0 Å². The van der Waals surface area contributed by atoms with Crippen LogP contribution in [-0.4, -0.2) is 45.0 Å². The number of imide groups is 1. The van der Waals surface area contributed by atoms with Crippen molar-refractivity contribution in [2.75, 3.05) is 13.1 Å². The number of carbonyl (C=O) groups excluding carboxylic acids is 2. The summed E-state index contributed by atoms with van der Waals surface area (Å²) in [4.78, 5) is 30.6. The van der Waals surface area contributed by atoms with Crippen molar-refractivity contribution in [2.45, 2.75) is 38.8 Å². The lowest BCUT2D eigenvalue weighted by molar-refractivity contribution is -0.132. The standard InChI is InChI=1S/C14H21N5O2/c1-9-10(2)18(3)11(16-9)8-19-12(20)14(17-13(19)21)4-6-15-7-5-14/h15H,4-8H2,1-3H3,(H,17,21). The third-order valence-electron chi connectivity index (χ3n) is 4.71. The number of carbonyl (C=O) groups is 2. The van der Waals surface area contributed by atoms with Crippen LogP contribution in [0, 0.1) is 13.8 Å². The molecular weight excluding hydrogens is 270 g/mol. The monoisotopic (exact) mass is 291 g/mol. The SMILES string of the molecule is Cc1nc(CN2C(=O)NC3(CCNCC3)C2=O)n(C)c1C. The molecule has 7 heteroatoms. The normalized spacial score (nSPS) is 21.2. The van der Waals surface area contributed by atoms with Crippen molar-refractivity contribution in [3.05, 3.63) is 17.2 Å². The van der Waals surface area contributed by atoms with Crippen LogP contribution in [-0.2, 0) is 18.4 Å². The molecule has 3 amide bonds. The van der Waals surface area contributed by atoms with E-state index in [1.807, 2.05) is 25.5 Å². The molecule has 3 heterocycles. The Morgan fingerprint density at radius 2 is 1.90 bits per heavy atom. The summed E-state index contributed by atoms with van der Waals surface area (Å²) >= 11 is 0. The Kier molecular flexibility index (Phi) is 3.24. The predicted molar refractivity (Wildman–Crippen MR) is 76.6 cm³/mol. The average molecular weight is 291 g/mol. The van der Waals surface area contributed by atoms with E-state index in [1.165, 1.54) is 4.90 Å². The summed E-state index contributed by atoms with van der Waals surface area (Å²) in [6.45, 7) is 5.64. The maximum atomic E-state index is 12.7. The molecular formula is C14H21N5O2. The Labute approximate surface area is 123 Å². The third-order valence-corrected chi connectivity index (χ3v) is 4.71. The van der Waals surface area contributed by atoms with E-state index in [2.05, 4.69) is 15.6 Å². The molecule has 2 aliphatic rings. The number of piperidine rings is 1. The minimum Gasteiger partial charge on any atom is -0.334 e. The Morgan fingerprint density at radius 3 is 2.48 bits per heavy atom. The van der Waals surface area contributed by atoms with Crippen molar-refractivity contribution in [3.63, 3.8) is 0 Å². The van der Waals surface area contributed by atoms with Crippen molar-refractivity contribution >= 4 is 11.9 Å². The smallest absolute Gasteiger partial charge is 0.325 e. The molecule has 7 nitrogen and oxygen atoms in total. The molecule has 0 radical (unpaired) electrons. The maximum Gasteiger partial charge on any atom is 0.325 e. The van der Waals surface area contributed by atoms with Gasteiger partial charge in [-0.2, -0.15) is 0 Å². The summed E-state index contributed by atoms with van der Waals surface area (Å²) in [5.74, 6) is 0.617. The fourth-order valence-corrected chi connectivity index (χ4v) is 3.08. The zero-order chi connectivity index (χ0) is 15.2. The van der Waals surface area contributed by atoms with Gasteiger partial charge in [0.05, 0.1) is 12.2 Å². The number of aromatic nitrogens is 2. The van der Waals surface area contributed by atoms with E-state index >= 15 is 0 Å². The number of hydrogen-bond donors (Lipinski definition) is 2. The average Bonchev–Trinajstić information content (AvgIpc) is 2.83. The molecule has 114 valence electrons. The summed E-state index contributed by atoms with van der Waals surface area (Å²) in [7, 11) is 1.91. The van der Waals surface area contributed by atoms with Crippen LogP contribution in [0.25, 0.3) is 0 Å². The molecule has 0 atom stereocenters. The lowest BCUT2D eigenvalue weighted by Crippen LogP contribution is -2.53. The van der Waals surface area contributed by atoms with Gasteiger partial charge in [0.1, 0.15) is 11.4 Å². The Hall–Kier alpha value is -1.89. The second-order valence-electron chi connectivity index (χ2n) is 5.91. The number of aryl methyl sites for hydroxylation is 1. The number of urea groups is 1. The lowest BCUT2D eigenvalue weighted by Gasteiger charge is -2.31. The van der Waals surface area contributed by atoms with Crippen LogP contribution in [0.1, 0.15) is 30.1 Å². The van der Waals surface area contributed by atoms with E-state index in [4.69, 9.17) is 0 Å². The molecule has 0 saturated carbocycles.